The average Bonchev–Trinajstić information content (AvgIpc) is 2.48. The molecule has 0 spiro atoms. The summed E-state index contributed by atoms with van der Waals surface area (Å²) in [5.41, 5.74) is 8.79. The Morgan fingerprint density at radius 3 is 2.45 bits per heavy atom. The monoisotopic (exact) mass is 287 g/mol. The Labute approximate surface area is 122 Å². The van der Waals surface area contributed by atoms with Crippen molar-refractivity contribution in [3.05, 3.63) is 54.1 Å². The summed E-state index contributed by atoms with van der Waals surface area (Å²) < 4.78 is 0. The zero-order valence-corrected chi connectivity index (χ0v) is 12.1. The summed E-state index contributed by atoms with van der Waals surface area (Å²) in [7, 11) is 0. The highest BCUT2D eigenvalue weighted by Gasteiger charge is 2.12. The van der Waals surface area contributed by atoms with E-state index in [9.17, 15) is 4.79 Å². The van der Waals surface area contributed by atoms with Crippen LogP contribution < -0.4 is 5.73 Å². The molecule has 0 radical (unpaired) electrons. The highest BCUT2D eigenvalue weighted by atomic mass is 32.2. The molecule has 3 N–H and O–H groups in total. The maximum atomic E-state index is 10.7. The molecule has 4 heteroatoms. The third kappa shape index (κ3) is 3.40. The standard InChI is InChI=1S/C16H17NO2S/c1-20-15-5-3-2-4-13(15)12-8-6-11(7-9-12)10-14(17)16(18)19/h2-9,14H,10,17H2,1H3,(H,18,19). The number of hydrogen-bond donors (Lipinski definition) is 2. The molecule has 0 amide bonds. The largest absolute Gasteiger partial charge is 0.480 e. The van der Waals surface area contributed by atoms with Crippen LogP contribution in [-0.4, -0.2) is 23.4 Å². The Balaban J connectivity index is 2.22. The van der Waals surface area contributed by atoms with Gasteiger partial charge in [0.25, 0.3) is 0 Å². The summed E-state index contributed by atoms with van der Waals surface area (Å²) in [5, 5.41) is 8.82. The predicted molar refractivity (Wildman–Crippen MR) is 83.0 cm³/mol. The fraction of sp³-hybridized carbons (Fsp3) is 0.188. The van der Waals surface area contributed by atoms with Crippen LogP contribution in [-0.2, 0) is 11.2 Å². The first-order valence-corrected chi connectivity index (χ1v) is 7.55. The molecule has 0 fully saturated rings. The second-order valence-corrected chi connectivity index (χ2v) is 5.39. The van der Waals surface area contributed by atoms with Crippen LogP contribution >= 0.6 is 11.8 Å². The molecule has 0 saturated heterocycles. The summed E-state index contributed by atoms with van der Waals surface area (Å²) in [4.78, 5) is 12.0. The van der Waals surface area contributed by atoms with Crippen LogP contribution in [0.5, 0.6) is 0 Å². The molecule has 104 valence electrons. The van der Waals surface area contributed by atoms with Gasteiger partial charge in [-0.2, -0.15) is 0 Å². The maximum absolute atomic E-state index is 10.7. The molecule has 0 aliphatic rings. The number of hydrogen-bond acceptors (Lipinski definition) is 3. The highest BCUT2D eigenvalue weighted by molar-refractivity contribution is 7.98. The topological polar surface area (TPSA) is 63.3 Å². The van der Waals surface area contributed by atoms with Crippen molar-refractivity contribution in [2.45, 2.75) is 17.4 Å². The van der Waals surface area contributed by atoms with Gasteiger partial charge in [-0.25, -0.2) is 0 Å². The third-order valence-electron chi connectivity index (χ3n) is 3.14. The first-order valence-electron chi connectivity index (χ1n) is 6.32. The van der Waals surface area contributed by atoms with Crippen molar-refractivity contribution in [2.24, 2.45) is 5.73 Å². The lowest BCUT2D eigenvalue weighted by Crippen LogP contribution is -2.32. The van der Waals surface area contributed by atoms with Gasteiger partial charge in [-0.1, -0.05) is 42.5 Å². The maximum Gasteiger partial charge on any atom is 0.320 e. The molecule has 1 unspecified atom stereocenters. The number of benzene rings is 2. The fourth-order valence-electron chi connectivity index (χ4n) is 2.04. The molecule has 0 heterocycles. The van der Waals surface area contributed by atoms with Crippen molar-refractivity contribution in [3.8, 4) is 11.1 Å². The van der Waals surface area contributed by atoms with E-state index in [2.05, 4.69) is 18.4 Å². The minimum Gasteiger partial charge on any atom is -0.480 e. The summed E-state index contributed by atoms with van der Waals surface area (Å²) in [6.07, 6.45) is 2.40. The van der Waals surface area contributed by atoms with Crippen molar-refractivity contribution in [3.63, 3.8) is 0 Å². The van der Waals surface area contributed by atoms with Gasteiger partial charge in [-0.15, -0.1) is 11.8 Å². The lowest BCUT2D eigenvalue weighted by atomic mass is 10.0. The molecule has 2 rings (SSSR count). The molecule has 20 heavy (non-hydrogen) atoms. The molecular weight excluding hydrogens is 270 g/mol. The van der Waals surface area contributed by atoms with Crippen molar-refractivity contribution < 1.29 is 9.90 Å². The number of nitrogens with two attached hydrogens (primary N) is 1. The Hall–Kier alpha value is -1.78. The van der Waals surface area contributed by atoms with E-state index in [1.807, 2.05) is 36.4 Å². The van der Waals surface area contributed by atoms with E-state index in [1.54, 1.807) is 11.8 Å². The van der Waals surface area contributed by atoms with E-state index < -0.39 is 12.0 Å². The minimum atomic E-state index is -0.971. The van der Waals surface area contributed by atoms with Gasteiger partial charge in [0.05, 0.1) is 0 Å². The molecule has 0 aliphatic heterocycles. The number of carbonyl (C=O) groups is 1. The number of carboxylic acid groups (broad SMARTS) is 1. The molecule has 1 atom stereocenters. The normalized spacial score (nSPS) is 12.1. The Kier molecular flexibility index (Phi) is 4.82. The van der Waals surface area contributed by atoms with Crippen LogP contribution in [0.1, 0.15) is 5.56 Å². The van der Waals surface area contributed by atoms with Crippen LogP contribution in [0.3, 0.4) is 0 Å². The SMILES string of the molecule is CSc1ccccc1-c1ccc(CC(N)C(=O)O)cc1. The fourth-order valence-corrected chi connectivity index (χ4v) is 2.67. The first-order chi connectivity index (χ1) is 9.61. The molecule has 2 aromatic carbocycles. The van der Waals surface area contributed by atoms with Crippen molar-refractivity contribution in [1.82, 2.24) is 0 Å². The van der Waals surface area contributed by atoms with Crippen molar-refractivity contribution in [1.29, 1.82) is 0 Å². The molecule has 0 saturated carbocycles. The van der Waals surface area contributed by atoms with Crippen LogP contribution in [0.15, 0.2) is 53.4 Å². The summed E-state index contributed by atoms with van der Waals surface area (Å²) in [6.45, 7) is 0. The van der Waals surface area contributed by atoms with E-state index >= 15 is 0 Å². The van der Waals surface area contributed by atoms with Crippen LogP contribution in [0.25, 0.3) is 11.1 Å². The zero-order chi connectivity index (χ0) is 14.5. The second kappa shape index (κ2) is 6.59. The summed E-state index contributed by atoms with van der Waals surface area (Å²) >= 11 is 1.71. The van der Waals surface area contributed by atoms with E-state index in [4.69, 9.17) is 10.8 Å². The third-order valence-corrected chi connectivity index (χ3v) is 3.94. The van der Waals surface area contributed by atoms with Gasteiger partial charge >= 0.3 is 5.97 Å². The summed E-state index contributed by atoms with van der Waals surface area (Å²) in [5.74, 6) is -0.971. The van der Waals surface area contributed by atoms with Crippen LogP contribution in [0.4, 0.5) is 0 Å². The highest BCUT2D eigenvalue weighted by Crippen LogP contribution is 2.30. The number of carboxylic acids is 1. The van der Waals surface area contributed by atoms with E-state index in [-0.39, 0.29) is 0 Å². The zero-order valence-electron chi connectivity index (χ0n) is 11.2. The second-order valence-electron chi connectivity index (χ2n) is 4.55. The van der Waals surface area contributed by atoms with E-state index in [1.165, 1.54) is 10.5 Å². The van der Waals surface area contributed by atoms with Gasteiger partial charge in [-0.05, 0) is 35.4 Å². The quantitative estimate of drug-likeness (QED) is 0.830. The lowest BCUT2D eigenvalue weighted by Gasteiger charge is -2.10. The van der Waals surface area contributed by atoms with E-state index in [0.717, 1.165) is 11.1 Å². The molecule has 0 bridgehead atoms. The van der Waals surface area contributed by atoms with Gasteiger partial charge in [-0.3, -0.25) is 4.79 Å². The average molecular weight is 287 g/mol. The number of aliphatic carboxylic acids is 1. The van der Waals surface area contributed by atoms with Gasteiger partial charge < -0.3 is 10.8 Å². The minimum absolute atomic E-state index is 0.347. The number of thioether (sulfide) groups is 1. The molecule has 3 nitrogen and oxygen atoms in total. The van der Waals surface area contributed by atoms with Crippen molar-refractivity contribution in [2.75, 3.05) is 6.26 Å². The Morgan fingerprint density at radius 1 is 1.20 bits per heavy atom. The smallest absolute Gasteiger partial charge is 0.320 e. The Morgan fingerprint density at radius 2 is 1.85 bits per heavy atom. The van der Waals surface area contributed by atoms with Gasteiger partial charge in [0.1, 0.15) is 6.04 Å². The first kappa shape index (κ1) is 14.6. The molecule has 0 aromatic heterocycles. The van der Waals surface area contributed by atoms with E-state index in [0.29, 0.717) is 6.42 Å². The molecule has 2 aromatic rings. The van der Waals surface area contributed by atoms with Crippen molar-refractivity contribution >= 4 is 17.7 Å². The predicted octanol–water partition coefficient (Wildman–Crippen LogP) is 3.03. The lowest BCUT2D eigenvalue weighted by molar-refractivity contribution is -0.138. The van der Waals surface area contributed by atoms with Crippen LogP contribution in [0, 0.1) is 0 Å². The van der Waals surface area contributed by atoms with Gasteiger partial charge in [0.15, 0.2) is 0 Å². The Bertz CT molecular complexity index is 596. The van der Waals surface area contributed by atoms with Gasteiger partial charge in [0.2, 0.25) is 0 Å². The van der Waals surface area contributed by atoms with Crippen LogP contribution in [0.2, 0.25) is 0 Å². The number of rotatable bonds is 5. The van der Waals surface area contributed by atoms with Gasteiger partial charge in [0, 0.05) is 4.90 Å². The molecular formula is C16H17NO2S. The summed E-state index contributed by atoms with van der Waals surface area (Å²) in [6, 6.07) is 15.3. The molecule has 0 aliphatic carbocycles.